The van der Waals surface area contributed by atoms with Gasteiger partial charge in [0, 0.05) is 31.6 Å². The zero-order valence-electron chi connectivity index (χ0n) is 13.5. The van der Waals surface area contributed by atoms with Crippen LogP contribution in [0.15, 0.2) is 30.3 Å². The lowest BCUT2D eigenvalue weighted by atomic mass is 9.95. The number of amides is 1. The van der Waals surface area contributed by atoms with E-state index in [9.17, 15) is 13.2 Å². The molecule has 0 aliphatic carbocycles. The van der Waals surface area contributed by atoms with Gasteiger partial charge < -0.3 is 10.6 Å². The number of nitrogens with zero attached hydrogens (tertiary/aromatic N) is 2. The molecule has 2 N–H and O–H groups in total. The molecule has 2 saturated heterocycles. The minimum atomic E-state index is -3.27. The van der Waals surface area contributed by atoms with E-state index in [1.54, 1.807) is 4.90 Å². The fourth-order valence-electron chi connectivity index (χ4n) is 3.35. The average Bonchev–Trinajstić information content (AvgIpc) is 2.92. The summed E-state index contributed by atoms with van der Waals surface area (Å²) in [5, 5.41) is 0. The van der Waals surface area contributed by atoms with Crippen LogP contribution >= 0.6 is 12.4 Å². The van der Waals surface area contributed by atoms with Gasteiger partial charge in [0.1, 0.15) is 0 Å². The average molecular weight is 374 g/mol. The summed E-state index contributed by atoms with van der Waals surface area (Å²) in [5.74, 6) is 0.106. The minimum absolute atomic E-state index is 0. The highest BCUT2D eigenvalue weighted by molar-refractivity contribution is 7.89. The second kappa shape index (κ2) is 7.82. The molecule has 24 heavy (non-hydrogen) atoms. The van der Waals surface area contributed by atoms with Crippen LogP contribution in [0.4, 0.5) is 0 Å². The number of benzene rings is 1. The van der Waals surface area contributed by atoms with Crippen LogP contribution in [0.3, 0.4) is 0 Å². The number of halogens is 1. The van der Waals surface area contributed by atoms with Gasteiger partial charge in [-0.05, 0) is 18.4 Å². The summed E-state index contributed by atoms with van der Waals surface area (Å²) < 4.78 is 25.3. The lowest BCUT2D eigenvalue weighted by Crippen LogP contribution is -2.45. The molecule has 0 spiro atoms. The monoisotopic (exact) mass is 373 g/mol. The molecule has 2 atom stereocenters. The molecule has 3 rings (SSSR count). The maximum atomic E-state index is 12.5. The SMILES string of the molecule is Cl.N[C@@H]1CN(C(=O)CN2CCCCS2(=O)=O)C[C@H]1c1ccccc1. The molecule has 1 aromatic rings. The van der Waals surface area contributed by atoms with Crippen LogP contribution in [0.1, 0.15) is 24.3 Å². The van der Waals surface area contributed by atoms with Crippen molar-refractivity contribution in [1.82, 2.24) is 9.21 Å². The van der Waals surface area contributed by atoms with Crippen LogP contribution in [0.2, 0.25) is 0 Å². The van der Waals surface area contributed by atoms with Gasteiger partial charge in [-0.3, -0.25) is 4.79 Å². The highest BCUT2D eigenvalue weighted by Gasteiger charge is 2.36. The number of likely N-dealkylation sites (tertiary alicyclic amines) is 1. The number of nitrogens with two attached hydrogens (primary N) is 1. The van der Waals surface area contributed by atoms with Crippen LogP contribution in [-0.4, -0.2) is 61.5 Å². The second-order valence-corrected chi connectivity index (χ2v) is 8.42. The van der Waals surface area contributed by atoms with Crippen molar-refractivity contribution in [2.24, 2.45) is 5.73 Å². The van der Waals surface area contributed by atoms with Crippen LogP contribution in [0.25, 0.3) is 0 Å². The largest absolute Gasteiger partial charge is 0.339 e. The van der Waals surface area contributed by atoms with Crippen LogP contribution in [0, 0.1) is 0 Å². The summed E-state index contributed by atoms with van der Waals surface area (Å²) in [7, 11) is -3.27. The van der Waals surface area contributed by atoms with Crippen molar-refractivity contribution in [2.75, 3.05) is 31.9 Å². The lowest BCUT2D eigenvalue weighted by molar-refractivity contribution is -0.130. The van der Waals surface area contributed by atoms with Gasteiger partial charge in [0.25, 0.3) is 0 Å². The van der Waals surface area contributed by atoms with E-state index in [1.165, 1.54) is 4.31 Å². The van der Waals surface area contributed by atoms with E-state index in [-0.39, 0.29) is 42.6 Å². The minimum Gasteiger partial charge on any atom is -0.339 e. The Morgan fingerprint density at radius 1 is 1.17 bits per heavy atom. The van der Waals surface area contributed by atoms with E-state index in [4.69, 9.17) is 5.73 Å². The van der Waals surface area contributed by atoms with Gasteiger partial charge in [-0.25, -0.2) is 8.42 Å². The Kier molecular flexibility index (Phi) is 6.25. The second-order valence-electron chi connectivity index (χ2n) is 6.34. The van der Waals surface area contributed by atoms with Gasteiger partial charge in [0.05, 0.1) is 12.3 Å². The van der Waals surface area contributed by atoms with E-state index in [0.717, 1.165) is 12.0 Å². The quantitative estimate of drug-likeness (QED) is 0.848. The number of hydrogen-bond acceptors (Lipinski definition) is 4. The molecule has 2 aliphatic heterocycles. The maximum absolute atomic E-state index is 12.5. The summed E-state index contributed by atoms with van der Waals surface area (Å²) >= 11 is 0. The molecule has 1 aromatic carbocycles. The highest BCUT2D eigenvalue weighted by atomic mass is 35.5. The van der Waals surface area contributed by atoms with Crippen molar-refractivity contribution in [3.05, 3.63) is 35.9 Å². The third kappa shape index (κ3) is 4.08. The van der Waals surface area contributed by atoms with E-state index < -0.39 is 10.0 Å². The Morgan fingerprint density at radius 2 is 1.88 bits per heavy atom. The Morgan fingerprint density at radius 3 is 2.54 bits per heavy atom. The van der Waals surface area contributed by atoms with Crippen molar-refractivity contribution in [3.8, 4) is 0 Å². The molecule has 0 saturated carbocycles. The summed E-state index contributed by atoms with van der Waals surface area (Å²) in [6, 6.07) is 9.81. The van der Waals surface area contributed by atoms with Crippen molar-refractivity contribution in [1.29, 1.82) is 0 Å². The first-order valence-electron chi connectivity index (χ1n) is 8.03. The normalized spacial score (nSPS) is 26.8. The molecule has 2 fully saturated rings. The summed E-state index contributed by atoms with van der Waals surface area (Å²) in [4.78, 5) is 14.2. The highest BCUT2D eigenvalue weighted by Crippen LogP contribution is 2.26. The fraction of sp³-hybridized carbons (Fsp3) is 0.562. The Balaban J connectivity index is 0.00000208. The summed E-state index contributed by atoms with van der Waals surface area (Å²) in [5.41, 5.74) is 7.33. The fourth-order valence-corrected chi connectivity index (χ4v) is 4.90. The number of sulfonamides is 1. The molecule has 0 unspecified atom stereocenters. The molecule has 6 nitrogen and oxygen atoms in total. The summed E-state index contributed by atoms with van der Waals surface area (Å²) in [6.45, 7) is 1.41. The summed E-state index contributed by atoms with van der Waals surface area (Å²) in [6.07, 6.45) is 1.50. The molecule has 2 heterocycles. The standard InChI is InChI=1S/C16H23N3O3S.ClH/c17-15-11-18(10-14(15)13-6-2-1-3-7-13)16(20)12-19-8-4-5-9-23(19,21)22;/h1-3,6-7,14-15H,4-5,8-12,17H2;1H/t14-,15+;/m0./s1. The smallest absolute Gasteiger partial charge is 0.237 e. The predicted molar refractivity (Wildman–Crippen MR) is 95.6 cm³/mol. The molecule has 8 heteroatoms. The third-order valence-corrected chi connectivity index (χ3v) is 6.61. The topological polar surface area (TPSA) is 83.7 Å². The molecular weight excluding hydrogens is 350 g/mol. The Hall–Kier alpha value is -1.15. The molecule has 0 radical (unpaired) electrons. The van der Waals surface area contributed by atoms with E-state index >= 15 is 0 Å². The van der Waals surface area contributed by atoms with Crippen molar-refractivity contribution < 1.29 is 13.2 Å². The van der Waals surface area contributed by atoms with Gasteiger partial charge in [0.2, 0.25) is 15.9 Å². The lowest BCUT2D eigenvalue weighted by Gasteiger charge is -2.27. The zero-order chi connectivity index (χ0) is 16.4. The molecule has 1 amide bonds. The number of carbonyl (C=O) groups excluding carboxylic acids is 1. The van der Waals surface area contributed by atoms with E-state index in [2.05, 4.69) is 0 Å². The molecule has 2 aliphatic rings. The van der Waals surface area contributed by atoms with Gasteiger partial charge in [0.15, 0.2) is 0 Å². The third-order valence-electron chi connectivity index (χ3n) is 4.71. The van der Waals surface area contributed by atoms with Crippen molar-refractivity contribution in [2.45, 2.75) is 24.8 Å². The Bertz CT molecular complexity index is 668. The molecule has 134 valence electrons. The van der Waals surface area contributed by atoms with Gasteiger partial charge in [-0.1, -0.05) is 30.3 Å². The van der Waals surface area contributed by atoms with Crippen LogP contribution in [-0.2, 0) is 14.8 Å². The number of carbonyl (C=O) groups is 1. The first-order chi connectivity index (χ1) is 11.0. The van der Waals surface area contributed by atoms with Crippen molar-refractivity contribution in [3.63, 3.8) is 0 Å². The van der Waals surface area contributed by atoms with Crippen LogP contribution < -0.4 is 5.73 Å². The zero-order valence-corrected chi connectivity index (χ0v) is 15.1. The van der Waals surface area contributed by atoms with Gasteiger partial charge in [-0.2, -0.15) is 4.31 Å². The molecule has 0 aromatic heterocycles. The molecular formula is C16H24ClN3O3S. The van der Waals surface area contributed by atoms with Crippen LogP contribution in [0.5, 0.6) is 0 Å². The maximum Gasteiger partial charge on any atom is 0.237 e. The van der Waals surface area contributed by atoms with Gasteiger partial charge >= 0.3 is 0 Å². The number of hydrogen-bond donors (Lipinski definition) is 1. The van der Waals surface area contributed by atoms with E-state index in [1.807, 2.05) is 30.3 Å². The first-order valence-corrected chi connectivity index (χ1v) is 9.64. The predicted octanol–water partition coefficient (Wildman–Crippen LogP) is 0.787. The Labute approximate surface area is 149 Å². The number of rotatable bonds is 3. The van der Waals surface area contributed by atoms with Gasteiger partial charge in [-0.15, -0.1) is 12.4 Å². The van der Waals surface area contributed by atoms with E-state index in [0.29, 0.717) is 26.1 Å². The van der Waals surface area contributed by atoms with Crippen molar-refractivity contribution >= 4 is 28.3 Å². The first kappa shape index (κ1) is 19.2. The molecule has 0 bridgehead atoms.